The highest BCUT2D eigenvalue weighted by atomic mass is 16.1. The van der Waals surface area contributed by atoms with Crippen LogP contribution in [0.15, 0.2) is 42.6 Å². The lowest BCUT2D eigenvalue weighted by Crippen LogP contribution is -2.25. The molecule has 2 aromatic heterocycles. The summed E-state index contributed by atoms with van der Waals surface area (Å²) < 4.78 is 1.69. The first-order valence-electron chi connectivity index (χ1n) is 7.60. The largest absolute Gasteiger partial charge is 0.352 e. The number of carbonyl (C=O) groups is 1. The molecular formula is C16H19N5O. The number of hydrogen-bond donors (Lipinski definition) is 1. The van der Waals surface area contributed by atoms with Crippen LogP contribution < -0.4 is 5.32 Å². The molecule has 0 aromatic carbocycles. The van der Waals surface area contributed by atoms with E-state index in [1.54, 1.807) is 35.6 Å². The number of aromatic nitrogens is 4. The Morgan fingerprint density at radius 2 is 2.09 bits per heavy atom. The topological polar surface area (TPSA) is 72.7 Å². The van der Waals surface area contributed by atoms with Crippen molar-refractivity contribution >= 4 is 5.91 Å². The van der Waals surface area contributed by atoms with Crippen LogP contribution in [0.4, 0.5) is 0 Å². The van der Waals surface area contributed by atoms with Gasteiger partial charge in [-0.3, -0.25) is 9.36 Å². The van der Waals surface area contributed by atoms with Crippen molar-refractivity contribution in [1.82, 2.24) is 25.1 Å². The Kier molecular flexibility index (Phi) is 4.58. The van der Waals surface area contributed by atoms with Crippen LogP contribution in [0, 0.1) is 0 Å². The van der Waals surface area contributed by atoms with Crippen LogP contribution in [-0.4, -0.2) is 32.2 Å². The summed E-state index contributed by atoms with van der Waals surface area (Å²) in [7, 11) is 0. The van der Waals surface area contributed by atoms with E-state index in [2.05, 4.69) is 26.6 Å². The van der Waals surface area contributed by atoms with Crippen LogP contribution in [0.5, 0.6) is 0 Å². The van der Waals surface area contributed by atoms with Crippen molar-refractivity contribution in [2.75, 3.05) is 6.54 Å². The molecule has 0 aliphatic heterocycles. The van der Waals surface area contributed by atoms with E-state index in [-0.39, 0.29) is 5.91 Å². The number of nitrogens with one attached hydrogen (secondary N) is 1. The van der Waals surface area contributed by atoms with Crippen LogP contribution in [0.3, 0.4) is 0 Å². The molecule has 1 aliphatic rings. The van der Waals surface area contributed by atoms with Crippen LogP contribution >= 0.6 is 0 Å². The quantitative estimate of drug-likeness (QED) is 0.859. The van der Waals surface area contributed by atoms with E-state index in [0.717, 1.165) is 6.42 Å². The number of amides is 1. The van der Waals surface area contributed by atoms with Gasteiger partial charge in [-0.2, -0.15) is 0 Å². The number of carbonyl (C=O) groups excluding carboxylic acids is 1. The minimum atomic E-state index is -0.0841. The second-order valence-electron chi connectivity index (χ2n) is 5.39. The van der Waals surface area contributed by atoms with Crippen molar-refractivity contribution in [1.29, 1.82) is 0 Å². The summed E-state index contributed by atoms with van der Waals surface area (Å²) in [6, 6.07) is 3.54. The maximum Gasteiger partial charge on any atom is 0.252 e. The van der Waals surface area contributed by atoms with Crippen LogP contribution in [0.25, 0.3) is 5.82 Å². The average molecular weight is 297 g/mol. The summed E-state index contributed by atoms with van der Waals surface area (Å²) in [5.74, 6) is 0.605. The van der Waals surface area contributed by atoms with Gasteiger partial charge in [0, 0.05) is 12.7 Å². The number of nitrogens with zero attached hydrogens (tertiary/aromatic N) is 4. The molecule has 1 aliphatic carbocycles. The Morgan fingerprint density at radius 3 is 2.77 bits per heavy atom. The van der Waals surface area contributed by atoms with Crippen molar-refractivity contribution in [2.24, 2.45) is 0 Å². The third kappa shape index (κ3) is 3.58. The van der Waals surface area contributed by atoms with E-state index >= 15 is 0 Å². The maximum atomic E-state index is 12.1. The Balaban J connectivity index is 1.52. The number of rotatable bonds is 5. The number of allylic oxidation sites excluding steroid dienone is 1. The fraction of sp³-hybridized carbons (Fsp3) is 0.375. The zero-order valence-corrected chi connectivity index (χ0v) is 12.4. The van der Waals surface area contributed by atoms with Crippen molar-refractivity contribution < 1.29 is 4.79 Å². The van der Waals surface area contributed by atoms with E-state index in [4.69, 9.17) is 0 Å². The van der Waals surface area contributed by atoms with E-state index in [0.29, 0.717) is 17.9 Å². The van der Waals surface area contributed by atoms with Gasteiger partial charge in [-0.25, -0.2) is 4.98 Å². The van der Waals surface area contributed by atoms with Gasteiger partial charge >= 0.3 is 0 Å². The highest BCUT2D eigenvalue weighted by Gasteiger charge is 2.08. The van der Waals surface area contributed by atoms with Gasteiger partial charge in [0.05, 0.1) is 5.56 Å². The minimum absolute atomic E-state index is 0.0841. The molecule has 0 saturated heterocycles. The van der Waals surface area contributed by atoms with E-state index < -0.39 is 0 Å². The predicted octanol–water partition coefficient (Wildman–Crippen LogP) is 2.28. The standard InChI is InChI=1S/C16H19N5O/c22-16(17-9-8-13-4-2-1-3-5-13)14-6-7-15(18-10-14)21-11-19-20-12-21/h4,6-7,10-12H,1-3,5,8-9H2,(H,17,22). The van der Waals surface area contributed by atoms with E-state index in [9.17, 15) is 4.79 Å². The smallest absolute Gasteiger partial charge is 0.252 e. The molecule has 6 nitrogen and oxygen atoms in total. The van der Waals surface area contributed by atoms with Crippen LogP contribution in [0.1, 0.15) is 42.5 Å². The fourth-order valence-electron chi connectivity index (χ4n) is 2.56. The summed E-state index contributed by atoms with van der Waals surface area (Å²) in [5, 5.41) is 10.4. The summed E-state index contributed by atoms with van der Waals surface area (Å²) in [5.41, 5.74) is 2.03. The molecule has 3 rings (SSSR count). The van der Waals surface area contributed by atoms with Crippen molar-refractivity contribution in [3.63, 3.8) is 0 Å². The Morgan fingerprint density at radius 1 is 1.23 bits per heavy atom. The SMILES string of the molecule is O=C(NCCC1=CCCCC1)c1ccc(-n2cnnc2)nc1. The Bertz CT molecular complexity index is 646. The lowest BCUT2D eigenvalue weighted by Gasteiger charge is -2.13. The molecule has 0 spiro atoms. The van der Waals surface area contributed by atoms with Gasteiger partial charge in [0.1, 0.15) is 18.5 Å². The fourth-order valence-corrected chi connectivity index (χ4v) is 2.56. The van der Waals surface area contributed by atoms with Gasteiger partial charge in [-0.05, 0) is 44.2 Å². The number of pyridine rings is 1. The summed E-state index contributed by atoms with van der Waals surface area (Å²) >= 11 is 0. The Hall–Kier alpha value is -2.50. The highest BCUT2D eigenvalue weighted by Crippen LogP contribution is 2.19. The van der Waals surface area contributed by atoms with Crippen molar-refractivity contribution in [2.45, 2.75) is 32.1 Å². The maximum absolute atomic E-state index is 12.1. The van der Waals surface area contributed by atoms with Gasteiger partial charge in [0.25, 0.3) is 5.91 Å². The normalized spacial score (nSPS) is 14.5. The number of hydrogen-bond acceptors (Lipinski definition) is 4. The molecule has 0 atom stereocenters. The minimum Gasteiger partial charge on any atom is -0.352 e. The van der Waals surface area contributed by atoms with Gasteiger partial charge in [-0.1, -0.05) is 11.6 Å². The molecule has 114 valence electrons. The molecular weight excluding hydrogens is 278 g/mol. The molecule has 2 heterocycles. The molecule has 2 aromatic rings. The van der Waals surface area contributed by atoms with Crippen LogP contribution in [0.2, 0.25) is 0 Å². The zero-order chi connectivity index (χ0) is 15.2. The Labute approximate surface area is 129 Å². The first-order valence-corrected chi connectivity index (χ1v) is 7.60. The molecule has 22 heavy (non-hydrogen) atoms. The average Bonchev–Trinajstić information content (AvgIpc) is 3.10. The van der Waals surface area contributed by atoms with Gasteiger partial charge in [0.15, 0.2) is 0 Å². The molecule has 0 bridgehead atoms. The third-order valence-corrected chi connectivity index (χ3v) is 3.81. The van der Waals surface area contributed by atoms with Gasteiger partial charge < -0.3 is 5.32 Å². The zero-order valence-electron chi connectivity index (χ0n) is 12.4. The highest BCUT2D eigenvalue weighted by molar-refractivity contribution is 5.93. The molecule has 1 N–H and O–H groups in total. The molecule has 0 radical (unpaired) electrons. The lowest BCUT2D eigenvalue weighted by molar-refractivity contribution is 0.0953. The summed E-state index contributed by atoms with van der Waals surface area (Å²) in [4.78, 5) is 16.3. The second-order valence-corrected chi connectivity index (χ2v) is 5.39. The van der Waals surface area contributed by atoms with E-state index in [1.807, 2.05) is 0 Å². The third-order valence-electron chi connectivity index (χ3n) is 3.81. The van der Waals surface area contributed by atoms with Gasteiger partial charge in [0.2, 0.25) is 0 Å². The first-order chi connectivity index (χ1) is 10.8. The first kappa shape index (κ1) is 14.4. The molecule has 0 saturated carbocycles. The molecule has 1 amide bonds. The summed E-state index contributed by atoms with van der Waals surface area (Å²) in [6.07, 6.45) is 12.9. The van der Waals surface area contributed by atoms with Crippen LogP contribution in [-0.2, 0) is 0 Å². The summed E-state index contributed by atoms with van der Waals surface area (Å²) in [6.45, 7) is 0.678. The molecule has 0 unspecified atom stereocenters. The van der Waals surface area contributed by atoms with Crippen molar-refractivity contribution in [3.05, 3.63) is 48.2 Å². The van der Waals surface area contributed by atoms with Crippen molar-refractivity contribution in [3.8, 4) is 5.82 Å². The lowest BCUT2D eigenvalue weighted by atomic mass is 9.97. The second kappa shape index (κ2) is 6.98. The molecule has 6 heteroatoms. The molecule has 0 fully saturated rings. The predicted molar refractivity (Wildman–Crippen MR) is 82.7 cm³/mol. The van der Waals surface area contributed by atoms with E-state index in [1.165, 1.54) is 31.3 Å². The van der Waals surface area contributed by atoms with Gasteiger partial charge in [-0.15, -0.1) is 10.2 Å². The monoisotopic (exact) mass is 297 g/mol.